The van der Waals surface area contributed by atoms with Crippen LogP contribution in [0.5, 0.6) is 5.75 Å². The number of ether oxygens (including phenoxy) is 2. The monoisotopic (exact) mass is 496 g/mol. The quantitative estimate of drug-likeness (QED) is 0.534. The van der Waals surface area contributed by atoms with Gasteiger partial charge in [0, 0.05) is 13.1 Å². The molecule has 3 aromatic rings. The van der Waals surface area contributed by atoms with E-state index in [1.807, 2.05) is 0 Å². The van der Waals surface area contributed by atoms with E-state index >= 15 is 0 Å². The van der Waals surface area contributed by atoms with E-state index in [1.165, 1.54) is 29.2 Å². The molecule has 0 bridgehead atoms. The van der Waals surface area contributed by atoms with E-state index in [0.29, 0.717) is 37.7 Å². The average Bonchev–Trinajstić information content (AvgIpc) is 3.36. The van der Waals surface area contributed by atoms with Gasteiger partial charge in [-0.1, -0.05) is 30.3 Å². The molecule has 1 saturated heterocycles. The van der Waals surface area contributed by atoms with Crippen LogP contribution in [0, 0.1) is 0 Å². The third-order valence-electron chi connectivity index (χ3n) is 5.92. The van der Waals surface area contributed by atoms with E-state index in [-0.39, 0.29) is 34.6 Å². The zero-order valence-corrected chi connectivity index (χ0v) is 19.6. The standard InChI is InChI=1S/C25H24N2O7S/c28-24(26-12-14-32-15-13-26)23-16-27(20-8-4-5-9-21(20)34-23)25(29)22-11-10-18(33-22)17-35(30,31)19-6-2-1-3-7-19/h1-11,23H,12-17H2. The highest BCUT2D eigenvalue weighted by molar-refractivity contribution is 7.90. The van der Waals surface area contributed by atoms with Crippen molar-refractivity contribution in [2.45, 2.75) is 16.8 Å². The number of morpholine rings is 1. The molecule has 2 aromatic carbocycles. The van der Waals surface area contributed by atoms with Crippen LogP contribution in [-0.4, -0.2) is 64.1 Å². The molecule has 2 aliphatic rings. The third-order valence-corrected chi connectivity index (χ3v) is 7.58. The summed E-state index contributed by atoms with van der Waals surface area (Å²) < 4.78 is 42.3. The molecule has 1 unspecified atom stereocenters. The molecule has 0 spiro atoms. The molecule has 10 heteroatoms. The first-order valence-electron chi connectivity index (χ1n) is 11.2. The number of amides is 2. The highest BCUT2D eigenvalue weighted by atomic mass is 32.2. The molecule has 1 aromatic heterocycles. The number of rotatable bonds is 5. The average molecular weight is 497 g/mol. The minimum absolute atomic E-state index is 0.00435. The Balaban J connectivity index is 1.37. The molecule has 5 rings (SSSR count). The van der Waals surface area contributed by atoms with E-state index in [4.69, 9.17) is 13.9 Å². The minimum atomic E-state index is -3.63. The van der Waals surface area contributed by atoms with Gasteiger partial charge >= 0.3 is 0 Å². The fourth-order valence-electron chi connectivity index (χ4n) is 4.14. The summed E-state index contributed by atoms with van der Waals surface area (Å²) in [6.45, 7) is 1.85. The molecule has 1 atom stereocenters. The summed E-state index contributed by atoms with van der Waals surface area (Å²) in [4.78, 5) is 29.8. The SMILES string of the molecule is O=C(C1CN(C(=O)c2ccc(CS(=O)(=O)c3ccccc3)o2)c2ccccc2O1)N1CCOCC1. The van der Waals surface area contributed by atoms with E-state index in [0.717, 1.165) is 0 Å². The number of furan rings is 1. The lowest BCUT2D eigenvalue weighted by Crippen LogP contribution is -2.54. The predicted octanol–water partition coefficient (Wildman–Crippen LogP) is 2.52. The molecule has 35 heavy (non-hydrogen) atoms. The lowest BCUT2D eigenvalue weighted by molar-refractivity contribution is -0.142. The Morgan fingerprint density at radius 3 is 2.40 bits per heavy atom. The number of carbonyl (C=O) groups excluding carboxylic acids is 2. The Labute approximate surface area is 202 Å². The molecule has 2 aliphatic heterocycles. The van der Waals surface area contributed by atoms with Crippen LogP contribution in [0.1, 0.15) is 16.3 Å². The van der Waals surface area contributed by atoms with Crippen LogP contribution in [0.25, 0.3) is 0 Å². The summed E-state index contributed by atoms with van der Waals surface area (Å²) >= 11 is 0. The topological polar surface area (TPSA) is 106 Å². The lowest BCUT2D eigenvalue weighted by atomic mass is 10.1. The van der Waals surface area contributed by atoms with Crippen molar-refractivity contribution >= 4 is 27.3 Å². The van der Waals surface area contributed by atoms with Gasteiger partial charge in [-0.15, -0.1) is 0 Å². The van der Waals surface area contributed by atoms with Crippen LogP contribution in [0.15, 0.2) is 76.0 Å². The lowest BCUT2D eigenvalue weighted by Gasteiger charge is -2.37. The van der Waals surface area contributed by atoms with Crippen LogP contribution in [0.4, 0.5) is 5.69 Å². The van der Waals surface area contributed by atoms with Crippen molar-refractivity contribution in [1.29, 1.82) is 0 Å². The number of hydrogen-bond acceptors (Lipinski definition) is 7. The van der Waals surface area contributed by atoms with Gasteiger partial charge in [0.2, 0.25) is 0 Å². The Bertz CT molecular complexity index is 1330. The number of para-hydroxylation sites is 2. The van der Waals surface area contributed by atoms with Crippen molar-refractivity contribution in [3.05, 3.63) is 78.3 Å². The molecule has 2 amide bonds. The van der Waals surface area contributed by atoms with Crippen LogP contribution in [0.2, 0.25) is 0 Å². The number of anilines is 1. The second-order valence-corrected chi connectivity index (χ2v) is 10.3. The van der Waals surface area contributed by atoms with Gasteiger partial charge in [0.25, 0.3) is 11.8 Å². The van der Waals surface area contributed by atoms with E-state index in [2.05, 4.69) is 0 Å². The number of carbonyl (C=O) groups is 2. The molecular weight excluding hydrogens is 472 g/mol. The van der Waals surface area contributed by atoms with Crippen molar-refractivity contribution in [2.24, 2.45) is 0 Å². The maximum absolute atomic E-state index is 13.4. The Hall–Kier alpha value is -3.63. The molecule has 0 aliphatic carbocycles. The van der Waals surface area contributed by atoms with Crippen molar-refractivity contribution in [3.8, 4) is 5.75 Å². The fraction of sp³-hybridized carbons (Fsp3) is 0.280. The minimum Gasteiger partial charge on any atom is -0.476 e. The summed E-state index contributed by atoms with van der Waals surface area (Å²) in [6.07, 6.45) is -0.875. The number of hydrogen-bond donors (Lipinski definition) is 0. The number of nitrogens with zero attached hydrogens (tertiary/aromatic N) is 2. The van der Waals surface area contributed by atoms with Crippen molar-refractivity contribution < 1.29 is 31.9 Å². The van der Waals surface area contributed by atoms with E-state index in [9.17, 15) is 18.0 Å². The van der Waals surface area contributed by atoms with Crippen molar-refractivity contribution in [1.82, 2.24) is 4.90 Å². The maximum Gasteiger partial charge on any atom is 0.294 e. The summed E-state index contributed by atoms with van der Waals surface area (Å²) in [7, 11) is -3.63. The third kappa shape index (κ3) is 4.80. The predicted molar refractivity (Wildman–Crippen MR) is 126 cm³/mol. The second-order valence-electron chi connectivity index (χ2n) is 8.27. The number of fused-ring (bicyclic) bond motifs is 1. The van der Waals surface area contributed by atoms with Gasteiger partial charge in [0.1, 0.15) is 17.3 Å². The van der Waals surface area contributed by atoms with Crippen LogP contribution < -0.4 is 9.64 Å². The second kappa shape index (κ2) is 9.55. The van der Waals surface area contributed by atoms with Gasteiger partial charge in [-0.05, 0) is 36.4 Å². The first-order chi connectivity index (χ1) is 16.9. The molecular formula is C25H24N2O7S. The van der Waals surface area contributed by atoms with E-state index in [1.54, 1.807) is 47.4 Å². The molecule has 9 nitrogen and oxygen atoms in total. The zero-order valence-electron chi connectivity index (χ0n) is 18.8. The smallest absolute Gasteiger partial charge is 0.294 e. The summed E-state index contributed by atoms with van der Waals surface area (Å²) in [6, 6.07) is 18.0. The normalized spacial score (nSPS) is 18.0. The summed E-state index contributed by atoms with van der Waals surface area (Å²) in [5, 5.41) is 0. The van der Waals surface area contributed by atoms with Gasteiger partial charge < -0.3 is 18.8 Å². The van der Waals surface area contributed by atoms with Crippen LogP contribution >= 0.6 is 0 Å². The fourth-order valence-corrected chi connectivity index (χ4v) is 5.41. The molecule has 0 N–H and O–H groups in total. The molecule has 0 saturated carbocycles. The summed E-state index contributed by atoms with van der Waals surface area (Å²) in [5.74, 6) is -0.518. The summed E-state index contributed by atoms with van der Waals surface area (Å²) in [5.41, 5.74) is 0.512. The molecule has 0 radical (unpaired) electrons. The van der Waals surface area contributed by atoms with Crippen molar-refractivity contribution in [3.63, 3.8) is 0 Å². The van der Waals surface area contributed by atoms with Gasteiger partial charge in [-0.3, -0.25) is 14.5 Å². The Morgan fingerprint density at radius 1 is 0.914 bits per heavy atom. The number of benzene rings is 2. The zero-order chi connectivity index (χ0) is 24.4. The van der Waals surface area contributed by atoms with Crippen LogP contribution in [-0.2, 0) is 25.1 Å². The molecule has 1 fully saturated rings. The van der Waals surface area contributed by atoms with Crippen molar-refractivity contribution in [2.75, 3.05) is 37.7 Å². The Kier molecular flexibility index (Phi) is 6.31. The molecule has 3 heterocycles. The first kappa shape index (κ1) is 23.1. The first-order valence-corrected chi connectivity index (χ1v) is 12.9. The van der Waals surface area contributed by atoms with Gasteiger partial charge in [0.05, 0.1) is 30.3 Å². The van der Waals surface area contributed by atoms with E-state index < -0.39 is 21.8 Å². The highest BCUT2D eigenvalue weighted by Gasteiger charge is 2.37. The van der Waals surface area contributed by atoms with Gasteiger partial charge in [-0.25, -0.2) is 8.42 Å². The number of sulfone groups is 1. The van der Waals surface area contributed by atoms with Crippen LogP contribution in [0.3, 0.4) is 0 Å². The van der Waals surface area contributed by atoms with Gasteiger partial charge in [0.15, 0.2) is 21.7 Å². The Morgan fingerprint density at radius 2 is 1.63 bits per heavy atom. The maximum atomic E-state index is 13.4. The molecule has 182 valence electrons. The largest absolute Gasteiger partial charge is 0.476 e. The highest BCUT2D eigenvalue weighted by Crippen LogP contribution is 2.35. The van der Waals surface area contributed by atoms with Gasteiger partial charge in [-0.2, -0.15) is 0 Å².